The molecule has 2 aromatic rings. The smallest absolute Gasteiger partial charge is 0.341 e. The lowest BCUT2D eigenvalue weighted by Gasteiger charge is -2.16. The van der Waals surface area contributed by atoms with E-state index < -0.39 is 24.4 Å². The van der Waals surface area contributed by atoms with Crippen molar-refractivity contribution in [1.82, 2.24) is 5.43 Å². The van der Waals surface area contributed by atoms with Crippen molar-refractivity contribution in [2.45, 2.75) is 13.3 Å². The van der Waals surface area contributed by atoms with Gasteiger partial charge in [0.05, 0.1) is 12.3 Å². The van der Waals surface area contributed by atoms with Gasteiger partial charge in [-0.3, -0.25) is 15.0 Å². The molecule has 1 fully saturated rings. The van der Waals surface area contributed by atoms with Crippen molar-refractivity contribution in [3.8, 4) is 11.5 Å². The quantitative estimate of drug-likeness (QED) is 0.366. The molecule has 0 spiro atoms. The van der Waals surface area contributed by atoms with Crippen molar-refractivity contribution in [2.75, 3.05) is 18.2 Å². The Morgan fingerprint density at radius 2 is 1.94 bits per heavy atom. The predicted molar refractivity (Wildman–Crippen MR) is 115 cm³/mol. The molecule has 0 bridgehead atoms. The van der Waals surface area contributed by atoms with Crippen LogP contribution >= 0.6 is 0 Å². The number of carbonyl (C=O) groups excluding carboxylic acids is 2. The third kappa shape index (κ3) is 4.92. The summed E-state index contributed by atoms with van der Waals surface area (Å²) in [5.41, 5.74) is 4.23. The minimum atomic E-state index is -1.12. The van der Waals surface area contributed by atoms with Crippen LogP contribution in [0.4, 0.5) is 5.69 Å². The lowest BCUT2D eigenvalue weighted by atomic mass is 10.0. The normalized spacial score (nSPS) is 14.5. The molecule has 0 aliphatic carbocycles. The summed E-state index contributed by atoms with van der Waals surface area (Å²) in [4.78, 5) is 36.2. The molecule has 1 aliphatic heterocycles. The lowest BCUT2D eigenvalue weighted by Crippen LogP contribution is -2.35. The Kier molecular flexibility index (Phi) is 6.71. The summed E-state index contributed by atoms with van der Waals surface area (Å²) in [7, 11) is 0. The van der Waals surface area contributed by atoms with Crippen LogP contribution in [0.3, 0.4) is 0 Å². The number of allylic oxidation sites excluding steroid dienone is 1. The van der Waals surface area contributed by atoms with Crippen molar-refractivity contribution in [3.63, 3.8) is 0 Å². The zero-order valence-electron chi connectivity index (χ0n) is 17.0. The summed E-state index contributed by atoms with van der Waals surface area (Å²) < 4.78 is 11.1. The van der Waals surface area contributed by atoms with Crippen LogP contribution in [0.25, 0.3) is 6.08 Å². The van der Waals surface area contributed by atoms with Gasteiger partial charge in [-0.25, -0.2) is 9.80 Å². The second-order valence-electron chi connectivity index (χ2n) is 6.59. The fourth-order valence-corrected chi connectivity index (χ4v) is 3.12. The Hall–Kier alpha value is -4.07. The van der Waals surface area contributed by atoms with Crippen molar-refractivity contribution >= 4 is 29.5 Å². The van der Waals surface area contributed by atoms with E-state index in [1.165, 1.54) is 11.1 Å². The van der Waals surface area contributed by atoms with Crippen molar-refractivity contribution in [2.24, 2.45) is 0 Å². The molecule has 0 saturated carbocycles. The van der Waals surface area contributed by atoms with Crippen LogP contribution < -0.4 is 19.9 Å². The van der Waals surface area contributed by atoms with Crippen LogP contribution in [-0.2, 0) is 20.8 Å². The molecule has 160 valence electrons. The molecule has 1 heterocycles. The Bertz CT molecular complexity index is 1050. The predicted octanol–water partition coefficient (Wildman–Crippen LogP) is 2.74. The highest BCUT2D eigenvalue weighted by Gasteiger charge is 2.34. The largest absolute Gasteiger partial charge is 0.490 e. The van der Waals surface area contributed by atoms with Gasteiger partial charge in [-0.15, -0.1) is 6.58 Å². The molecule has 1 aliphatic rings. The average molecular weight is 422 g/mol. The highest BCUT2D eigenvalue weighted by atomic mass is 16.5. The van der Waals surface area contributed by atoms with E-state index in [-0.39, 0.29) is 5.57 Å². The van der Waals surface area contributed by atoms with E-state index in [1.807, 2.05) is 6.07 Å². The summed E-state index contributed by atoms with van der Waals surface area (Å²) in [5, 5.41) is 10.1. The van der Waals surface area contributed by atoms with Crippen LogP contribution in [0.1, 0.15) is 18.1 Å². The zero-order valence-corrected chi connectivity index (χ0v) is 17.0. The second kappa shape index (κ2) is 9.62. The lowest BCUT2D eigenvalue weighted by molar-refractivity contribution is -0.139. The number of carboxylic acids is 1. The van der Waals surface area contributed by atoms with Gasteiger partial charge in [0.25, 0.3) is 11.8 Å². The molecule has 0 aromatic heterocycles. The molecule has 3 rings (SSSR count). The molecule has 31 heavy (non-hydrogen) atoms. The van der Waals surface area contributed by atoms with E-state index >= 15 is 0 Å². The number of ether oxygens (including phenoxy) is 2. The summed E-state index contributed by atoms with van der Waals surface area (Å²) in [6, 6.07) is 12.1. The van der Waals surface area contributed by atoms with Gasteiger partial charge in [0, 0.05) is 5.56 Å². The first kappa shape index (κ1) is 21.6. The average Bonchev–Trinajstić information content (AvgIpc) is 3.02. The minimum Gasteiger partial charge on any atom is -0.490 e. The number of para-hydroxylation sites is 1. The highest BCUT2D eigenvalue weighted by molar-refractivity contribution is 6.31. The van der Waals surface area contributed by atoms with Crippen LogP contribution in [0.15, 0.2) is 60.7 Å². The number of nitrogens with zero attached hydrogens (tertiary/aromatic N) is 1. The van der Waals surface area contributed by atoms with Gasteiger partial charge in [-0.1, -0.05) is 24.3 Å². The number of carbonyl (C=O) groups is 3. The fraction of sp³-hybridized carbons (Fsp3) is 0.174. The van der Waals surface area contributed by atoms with E-state index in [2.05, 4.69) is 12.0 Å². The summed E-state index contributed by atoms with van der Waals surface area (Å²) in [6.07, 6.45) is 3.49. The van der Waals surface area contributed by atoms with Gasteiger partial charge >= 0.3 is 5.97 Å². The van der Waals surface area contributed by atoms with E-state index in [1.54, 1.807) is 49.4 Å². The number of aliphatic carboxylic acids is 1. The van der Waals surface area contributed by atoms with Crippen LogP contribution in [0.5, 0.6) is 11.5 Å². The third-order valence-corrected chi connectivity index (χ3v) is 4.38. The van der Waals surface area contributed by atoms with Crippen molar-refractivity contribution < 1.29 is 29.0 Å². The maximum absolute atomic E-state index is 12.8. The van der Waals surface area contributed by atoms with Gasteiger partial charge in [0.15, 0.2) is 18.1 Å². The van der Waals surface area contributed by atoms with Crippen molar-refractivity contribution in [1.29, 1.82) is 0 Å². The topological polar surface area (TPSA) is 105 Å². The molecule has 2 N–H and O–H groups in total. The van der Waals surface area contributed by atoms with Crippen LogP contribution in [-0.4, -0.2) is 36.1 Å². The molecule has 2 aromatic carbocycles. The van der Waals surface area contributed by atoms with E-state index in [9.17, 15) is 14.4 Å². The van der Waals surface area contributed by atoms with Gasteiger partial charge in [-0.2, -0.15) is 0 Å². The molecule has 8 nitrogen and oxygen atoms in total. The van der Waals surface area contributed by atoms with E-state index in [0.29, 0.717) is 41.3 Å². The van der Waals surface area contributed by atoms with Crippen molar-refractivity contribution in [3.05, 3.63) is 71.8 Å². The number of rotatable bonds is 9. The first-order chi connectivity index (χ1) is 14.9. The molecular weight excluding hydrogens is 400 g/mol. The van der Waals surface area contributed by atoms with Gasteiger partial charge in [0.2, 0.25) is 0 Å². The SMILES string of the molecule is C=CCc1cc(C=C2C(=O)NN(c3ccccc3)C2=O)cc(OCC)c1OCC(=O)O. The number of hydrazine groups is 1. The van der Waals surface area contributed by atoms with Gasteiger partial charge in [0.1, 0.15) is 5.57 Å². The molecule has 2 amide bonds. The number of benzene rings is 2. The molecule has 1 saturated heterocycles. The zero-order chi connectivity index (χ0) is 22.4. The number of hydrogen-bond donors (Lipinski definition) is 2. The third-order valence-electron chi connectivity index (χ3n) is 4.38. The number of carboxylic acid groups (broad SMARTS) is 1. The summed E-state index contributed by atoms with van der Waals surface area (Å²) >= 11 is 0. The number of anilines is 1. The maximum Gasteiger partial charge on any atom is 0.341 e. The number of nitrogens with one attached hydrogen (secondary N) is 1. The monoisotopic (exact) mass is 422 g/mol. The maximum atomic E-state index is 12.8. The molecule has 8 heteroatoms. The van der Waals surface area contributed by atoms with Crippen LogP contribution in [0.2, 0.25) is 0 Å². The highest BCUT2D eigenvalue weighted by Crippen LogP contribution is 2.35. The first-order valence-electron chi connectivity index (χ1n) is 9.62. The van der Waals surface area contributed by atoms with Crippen LogP contribution in [0, 0.1) is 0 Å². The summed E-state index contributed by atoms with van der Waals surface area (Å²) in [6.45, 7) is 5.29. The molecule has 0 unspecified atom stereocenters. The Balaban J connectivity index is 2.00. The standard InChI is InChI=1S/C23H22N2O6/c1-3-8-16-11-15(13-19(30-4-2)21(16)31-14-20(26)27)12-18-22(28)24-25(23(18)29)17-9-6-5-7-10-17/h3,5-7,9-13H,1,4,8,14H2,2H3,(H,24,28)(H,26,27). The fourth-order valence-electron chi connectivity index (χ4n) is 3.12. The Labute approximate surface area is 179 Å². The molecule has 0 atom stereocenters. The molecular formula is C23H22N2O6. The second-order valence-corrected chi connectivity index (χ2v) is 6.59. The Morgan fingerprint density at radius 3 is 2.58 bits per heavy atom. The minimum absolute atomic E-state index is 0.0324. The molecule has 0 radical (unpaired) electrons. The first-order valence-corrected chi connectivity index (χ1v) is 9.62. The number of amides is 2. The Morgan fingerprint density at radius 1 is 1.19 bits per heavy atom. The van der Waals surface area contributed by atoms with E-state index in [0.717, 1.165) is 0 Å². The van der Waals surface area contributed by atoms with Gasteiger partial charge in [-0.05, 0) is 49.2 Å². The summed E-state index contributed by atoms with van der Waals surface area (Å²) in [5.74, 6) is -1.51. The number of hydrogen-bond acceptors (Lipinski definition) is 5. The van der Waals surface area contributed by atoms with Gasteiger partial charge < -0.3 is 14.6 Å². The van der Waals surface area contributed by atoms with E-state index in [4.69, 9.17) is 14.6 Å².